The molecule has 0 amide bonds. The Morgan fingerprint density at radius 2 is 1.50 bits per heavy atom. The molecule has 0 saturated carbocycles. The predicted octanol–water partition coefficient (Wildman–Crippen LogP) is 4.59. The molecule has 0 aliphatic carbocycles. The Kier molecular flexibility index (Phi) is 2.92. The van der Waals surface area contributed by atoms with Gasteiger partial charge in [-0.05, 0) is 48.4 Å². The van der Waals surface area contributed by atoms with Gasteiger partial charge >= 0.3 is 0 Å². The standard InChI is InChI=1S/C13H9ClF2/c1-8-2-3-9(15)6-12(8)11-5-4-10(16)7-13(11)14/h2-7H,1H3. The van der Waals surface area contributed by atoms with Crippen LogP contribution in [0.25, 0.3) is 11.1 Å². The lowest BCUT2D eigenvalue weighted by Gasteiger charge is -2.08. The van der Waals surface area contributed by atoms with E-state index in [2.05, 4.69) is 0 Å². The first-order valence-corrected chi connectivity index (χ1v) is 5.17. The van der Waals surface area contributed by atoms with Crippen molar-refractivity contribution in [2.75, 3.05) is 0 Å². The molecule has 0 spiro atoms. The van der Waals surface area contributed by atoms with Crippen LogP contribution < -0.4 is 0 Å². The molecule has 82 valence electrons. The predicted molar refractivity (Wildman–Crippen MR) is 61.5 cm³/mol. The second-order valence-corrected chi connectivity index (χ2v) is 3.99. The Morgan fingerprint density at radius 1 is 0.875 bits per heavy atom. The van der Waals surface area contributed by atoms with Gasteiger partial charge in [0.25, 0.3) is 0 Å². The van der Waals surface area contributed by atoms with E-state index in [1.807, 2.05) is 6.92 Å². The number of hydrogen-bond donors (Lipinski definition) is 0. The normalized spacial score (nSPS) is 10.5. The zero-order valence-electron chi connectivity index (χ0n) is 8.60. The van der Waals surface area contributed by atoms with Crippen molar-refractivity contribution in [3.8, 4) is 11.1 Å². The largest absolute Gasteiger partial charge is 0.207 e. The second-order valence-electron chi connectivity index (χ2n) is 3.58. The molecule has 0 N–H and O–H groups in total. The van der Waals surface area contributed by atoms with Crippen LogP contribution in [-0.4, -0.2) is 0 Å². The highest BCUT2D eigenvalue weighted by Crippen LogP contribution is 2.31. The molecule has 2 rings (SSSR count). The average Bonchev–Trinajstić information content (AvgIpc) is 2.22. The third-order valence-corrected chi connectivity index (χ3v) is 2.73. The van der Waals surface area contributed by atoms with Crippen molar-refractivity contribution < 1.29 is 8.78 Å². The Hall–Kier alpha value is -1.41. The molecule has 0 aliphatic heterocycles. The van der Waals surface area contributed by atoms with Crippen LogP contribution in [0.5, 0.6) is 0 Å². The first kappa shape index (κ1) is 11.1. The monoisotopic (exact) mass is 238 g/mol. The summed E-state index contributed by atoms with van der Waals surface area (Å²) in [5, 5.41) is 0.286. The molecule has 0 saturated heterocycles. The van der Waals surface area contributed by atoms with Gasteiger partial charge in [0.05, 0.1) is 5.02 Å². The van der Waals surface area contributed by atoms with Gasteiger partial charge in [-0.2, -0.15) is 0 Å². The quantitative estimate of drug-likeness (QED) is 0.682. The fourth-order valence-corrected chi connectivity index (χ4v) is 1.86. The lowest BCUT2D eigenvalue weighted by molar-refractivity contribution is 0.627. The molecule has 2 aromatic rings. The zero-order chi connectivity index (χ0) is 11.7. The van der Waals surface area contributed by atoms with Crippen molar-refractivity contribution in [1.82, 2.24) is 0 Å². The Morgan fingerprint density at radius 3 is 2.19 bits per heavy atom. The van der Waals surface area contributed by atoms with Crippen LogP contribution in [0.15, 0.2) is 36.4 Å². The second kappa shape index (κ2) is 4.22. The van der Waals surface area contributed by atoms with Crippen LogP contribution >= 0.6 is 11.6 Å². The average molecular weight is 239 g/mol. The van der Waals surface area contributed by atoms with E-state index in [4.69, 9.17) is 11.6 Å². The van der Waals surface area contributed by atoms with E-state index in [9.17, 15) is 8.78 Å². The van der Waals surface area contributed by atoms with Crippen molar-refractivity contribution in [2.24, 2.45) is 0 Å². The molecule has 0 radical (unpaired) electrons. The first-order chi connectivity index (χ1) is 7.58. The van der Waals surface area contributed by atoms with Gasteiger partial charge in [-0.15, -0.1) is 0 Å². The van der Waals surface area contributed by atoms with Crippen LogP contribution in [0.1, 0.15) is 5.56 Å². The number of hydrogen-bond acceptors (Lipinski definition) is 0. The van der Waals surface area contributed by atoms with Crippen molar-refractivity contribution in [2.45, 2.75) is 6.92 Å². The number of aryl methyl sites for hydroxylation is 1. The molecule has 16 heavy (non-hydrogen) atoms. The van der Waals surface area contributed by atoms with Crippen LogP contribution in [0, 0.1) is 18.6 Å². The molecular formula is C13H9ClF2. The SMILES string of the molecule is Cc1ccc(F)cc1-c1ccc(F)cc1Cl. The molecule has 0 bridgehead atoms. The fourth-order valence-electron chi connectivity index (χ4n) is 1.59. The summed E-state index contributed by atoms with van der Waals surface area (Å²) in [6.07, 6.45) is 0. The Balaban J connectivity index is 2.62. The summed E-state index contributed by atoms with van der Waals surface area (Å²) in [4.78, 5) is 0. The summed E-state index contributed by atoms with van der Waals surface area (Å²) in [5.74, 6) is -0.733. The highest BCUT2D eigenvalue weighted by molar-refractivity contribution is 6.33. The fraction of sp³-hybridized carbons (Fsp3) is 0.0769. The minimum atomic E-state index is -0.400. The summed E-state index contributed by atoms with van der Waals surface area (Å²) in [6, 6.07) is 8.54. The van der Waals surface area contributed by atoms with Gasteiger partial charge in [-0.1, -0.05) is 17.7 Å². The van der Waals surface area contributed by atoms with E-state index < -0.39 is 5.82 Å². The third kappa shape index (κ3) is 2.07. The third-order valence-electron chi connectivity index (χ3n) is 2.42. The van der Waals surface area contributed by atoms with Crippen LogP contribution in [0.4, 0.5) is 8.78 Å². The molecule has 0 atom stereocenters. The first-order valence-electron chi connectivity index (χ1n) is 4.79. The Bertz CT molecular complexity index is 535. The molecule has 0 aliphatic rings. The van der Waals surface area contributed by atoms with Crippen molar-refractivity contribution in [1.29, 1.82) is 0 Å². The lowest BCUT2D eigenvalue weighted by Crippen LogP contribution is -1.87. The lowest BCUT2D eigenvalue weighted by atomic mass is 10.0. The number of benzene rings is 2. The molecular weight excluding hydrogens is 230 g/mol. The molecule has 2 aromatic carbocycles. The molecule has 0 fully saturated rings. The van der Waals surface area contributed by atoms with E-state index in [1.165, 1.54) is 24.3 Å². The molecule has 3 heteroatoms. The van der Waals surface area contributed by atoms with E-state index >= 15 is 0 Å². The Labute approximate surface area is 97.5 Å². The van der Waals surface area contributed by atoms with Crippen LogP contribution in [0.3, 0.4) is 0 Å². The summed E-state index contributed by atoms with van der Waals surface area (Å²) in [5.41, 5.74) is 2.22. The smallest absolute Gasteiger partial charge is 0.124 e. The summed E-state index contributed by atoms with van der Waals surface area (Å²) in [7, 11) is 0. The van der Waals surface area contributed by atoms with Gasteiger partial charge in [0.15, 0.2) is 0 Å². The van der Waals surface area contributed by atoms with Gasteiger partial charge in [0.2, 0.25) is 0 Å². The van der Waals surface area contributed by atoms with Gasteiger partial charge in [0.1, 0.15) is 11.6 Å². The number of rotatable bonds is 1. The van der Waals surface area contributed by atoms with Crippen molar-refractivity contribution >= 4 is 11.6 Å². The summed E-state index contributed by atoms with van der Waals surface area (Å²) >= 11 is 5.93. The van der Waals surface area contributed by atoms with Crippen LogP contribution in [-0.2, 0) is 0 Å². The van der Waals surface area contributed by atoms with Gasteiger partial charge in [-0.25, -0.2) is 8.78 Å². The van der Waals surface area contributed by atoms with Crippen molar-refractivity contribution in [3.05, 3.63) is 58.6 Å². The molecule has 0 aromatic heterocycles. The minimum Gasteiger partial charge on any atom is -0.207 e. The highest BCUT2D eigenvalue weighted by Gasteiger charge is 2.08. The summed E-state index contributed by atoms with van der Waals surface area (Å²) in [6.45, 7) is 1.86. The maximum Gasteiger partial charge on any atom is 0.124 e. The molecule has 0 unspecified atom stereocenters. The van der Waals surface area contributed by atoms with Gasteiger partial charge < -0.3 is 0 Å². The van der Waals surface area contributed by atoms with Gasteiger partial charge in [0, 0.05) is 5.56 Å². The maximum atomic E-state index is 13.1. The molecule has 0 heterocycles. The minimum absolute atomic E-state index is 0.286. The van der Waals surface area contributed by atoms with E-state index in [0.29, 0.717) is 11.1 Å². The van der Waals surface area contributed by atoms with Crippen LogP contribution in [0.2, 0.25) is 5.02 Å². The maximum absolute atomic E-state index is 13.1. The van der Waals surface area contributed by atoms with E-state index in [0.717, 1.165) is 5.56 Å². The van der Waals surface area contributed by atoms with E-state index in [1.54, 1.807) is 12.1 Å². The number of halogens is 3. The zero-order valence-corrected chi connectivity index (χ0v) is 9.35. The van der Waals surface area contributed by atoms with E-state index in [-0.39, 0.29) is 10.8 Å². The topological polar surface area (TPSA) is 0 Å². The van der Waals surface area contributed by atoms with Gasteiger partial charge in [-0.3, -0.25) is 0 Å². The summed E-state index contributed by atoms with van der Waals surface area (Å²) < 4.78 is 26.0. The highest BCUT2D eigenvalue weighted by atomic mass is 35.5. The van der Waals surface area contributed by atoms with Crippen molar-refractivity contribution in [3.63, 3.8) is 0 Å². The molecule has 0 nitrogen and oxygen atoms in total.